The molecule has 2 bridgehead atoms. The van der Waals surface area contributed by atoms with Gasteiger partial charge in [-0.25, -0.2) is 0 Å². The molecule has 2 aliphatic rings. The summed E-state index contributed by atoms with van der Waals surface area (Å²) in [6, 6.07) is 0. The summed E-state index contributed by atoms with van der Waals surface area (Å²) >= 11 is 0. The molecule has 3 atom stereocenters. The van der Waals surface area contributed by atoms with Crippen LogP contribution in [0.25, 0.3) is 0 Å². The normalized spacial score (nSPS) is 45.5. The highest BCUT2D eigenvalue weighted by molar-refractivity contribution is 4.99. The molecule has 0 aliphatic heterocycles. The summed E-state index contributed by atoms with van der Waals surface area (Å²) in [5, 5.41) is 0. The predicted molar refractivity (Wildman–Crippen MR) is 53.1 cm³/mol. The van der Waals surface area contributed by atoms with Gasteiger partial charge in [0.15, 0.2) is 0 Å². The zero-order chi connectivity index (χ0) is 8.60. The highest BCUT2D eigenvalue weighted by Gasteiger charge is 2.48. The van der Waals surface area contributed by atoms with Crippen molar-refractivity contribution in [2.75, 3.05) is 0 Å². The zero-order valence-corrected chi connectivity index (χ0v) is 8.60. The first-order valence-corrected chi connectivity index (χ1v) is 5.80. The van der Waals surface area contributed by atoms with Crippen molar-refractivity contribution >= 4 is 0 Å². The second-order valence-electron chi connectivity index (χ2n) is 5.05. The van der Waals surface area contributed by atoms with Crippen LogP contribution in [0, 0.1) is 17.3 Å². The van der Waals surface area contributed by atoms with Crippen molar-refractivity contribution in [1.29, 1.82) is 0 Å². The Balaban J connectivity index is 2.08. The van der Waals surface area contributed by atoms with Gasteiger partial charge >= 0.3 is 0 Å². The molecule has 0 heteroatoms. The number of hydrogen-bond acceptors (Lipinski definition) is 0. The van der Waals surface area contributed by atoms with Gasteiger partial charge in [0.2, 0.25) is 0 Å². The monoisotopic (exact) mass is 166 g/mol. The molecule has 0 spiro atoms. The van der Waals surface area contributed by atoms with E-state index in [1.807, 2.05) is 0 Å². The average molecular weight is 166 g/mol. The molecular weight excluding hydrogens is 144 g/mol. The van der Waals surface area contributed by atoms with Crippen molar-refractivity contribution in [2.24, 2.45) is 17.3 Å². The third kappa shape index (κ3) is 1.11. The second kappa shape index (κ2) is 3.05. The fourth-order valence-corrected chi connectivity index (χ4v) is 3.97. The summed E-state index contributed by atoms with van der Waals surface area (Å²) in [7, 11) is 0. The molecule has 0 heterocycles. The van der Waals surface area contributed by atoms with Crippen LogP contribution in [0.15, 0.2) is 0 Å². The maximum Gasteiger partial charge on any atom is -0.0269 e. The molecule has 2 fully saturated rings. The Morgan fingerprint density at radius 3 is 2.50 bits per heavy atom. The molecule has 0 aromatic heterocycles. The SMILES string of the molecule is CCCC1(CC)CC2CCC1C2. The van der Waals surface area contributed by atoms with Gasteiger partial charge in [0.05, 0.1) is 0 Å². The van der Waals surface area contributed by atoms with Gasteiger partial charge in [-0.15, -0.1) is 0 Å². The van der Waals surface area contributed by atoms with Crippen LogP contribution in [0.4, 0.5) is 0 Å². The Morgan fingerprint density at radius 1 is 1.25 bits per heavy atom. The first-order chi connectivity index (χ1) is 5.80. The van der Waals surface area contributed by atoms with E-state index in [1.165, 1.54) is 19.3 Å². The highest BCUT2D eigenvalue weighted by atomic mass is 14.5. The van der Waals surface area contributed by atoms with Gasteiger partial charge in [0, 0.05) is 0 Å². The number of fused-ring (bicyclic) bond motifs is 2. The Hall–Kier alpha value is 0. The lowest BCUT2D eigenvalue weighted by molar-refractivity contribution is 0.139. The van der Waals surface area contributed by atoms with Crippen molar-refractivity contribution in [3.05, 3.63) is 0 Å². The van der Waals surface area contributed by atoms with Crippen molar-refractivity contribution in [3.63, 3.8) is 0 Å². The van der Waals surface area contributed by atoms with Crippen molar-refractivity contribution in [3.8, 4) is 0 Å². The fourth-order valence-electron chi connectivity index (χ4n) is 3.97. The molecule has 0 radical (unpaired) electrons. The molecule has 2 saturated carbocycles. The van der Waals surface area contributed by atoms with E-state index in [-0.39, 0.29) is 0 Å². The molecule has 0 aromatic carbocycles. The van der Waals surface area contributed by atoms with Gasteiger partial charge in [-0.3, -0.25) is 0 Å². The first-order valence-electron chi connectivity index (χ1n) is 5.80. The summed E-state index contributed by atoms with van der Waals surface area (Å²) in [6.45, 7) is 4.76. The van der Waals surface area contributed by atoms with E-state index in [1.54, 1.807) is 25.7 Å². The lowest BCUT2D eigenvalue weighted by Gasteiger charge is -2.37. The third-order valence-corrected chi connectivity index (χ3v) is 4.55. The smallest absolute Gasteiger partial charge is 0.0269 e. The van der Waals surface area contributed by atoms with Crippen molar-refractivity contribution in [2.45, 2.75) is 58.8 Å². The second-order valence-corrected chi connectivity index (χ2v) is 5.05. The fraction of sp³-hybridized carbons (Fsp3) is 1.00. The quantitative estimate of drug-likeness (QED) is 0.594. The van der Waals surface area contributed by atoms with Crippen LogP contribution in [0.1, 0.15) is 58.8 Å². The summed E-state index contributed by atoms with van der Waals surface area (Å²) in [4.78, 5) is 0. The van der Waals surface area contributed by atoms with Crippen LogP contribution in [-0.2, 0) is 0 Å². The van der Waals surface area contributed by atoms with Gasteiger partial charge in [-0.2, -0.15) is 0 Å². The van der Waals surface area contributed by atoms with Gasteiger partial charge in [0.25, 0.3) is 0 Å². The van der Waals surface area contributed by atoms with E-state index in [9.17, 15) is 0 Å². The van der Waals surface area contributed by atoms with Gasteiger partial charge in [0.1, 0.15) is 0 Å². The molecule has 0 amide bonds. The van der Waals surface area contributed by atoms with E-state index < -0.39 is 0 Å². The molecule has 2 aliphatic carbocycles. The number of hydrogen-bond donors (Lipinski definition) is 0. The minimum atomic E-state index is 0.803. The van der Waals surface area contributed by atoms with E-state index in [2.05, 4.69) is 13.8 Å². The Bertz CT molecular complexity index is 161. The lowest BCUT2D eigenvalue weighted by Crippen LogP contribution is -2.26. The Morgan fingerprint density at radius 2 is 2.08 bits per heavy atom. The zero-order valence-electron chi connectivity index (χ0n) is 8.60. The Kier molecular flexibility index (Phi) is 2.18. The van der Waals surface area contributed by atoms with Gasteiger partial charge in [-0.1, -0.05) is 33.1 Å². The minimum Gasteiger partial charge on any atom is -0.0654 e. The van der Waals surface area contributed by atoms with E-state index in [0.29, 0.717) is 0 Å². The summed E-state index contributed by atoms with van der Waals surface area (Å²) in [5.74, 6) is 2.24. The van der Waals surface area contributed by atoms with E-state index in [0.717, 1.165) is 17.3 Å². The predicted octanol–water partition coefficient (Wildman–Crippen LogP) is 4.00. The van der Waals surface area contributed by atoms with Crippen molar-refractivity contribution in [1.82, 2.24) is 0 Å². The van der Waals surface area contributed by atoms with Crippen LogP contribution in [0.2, 0.25) is 0 Å². The maximum absolute atomic E-state index is 2.41. The van der Waals surface area contributed by atoms with Crippen LogP contribution in [0.3, 0.4) is 0 Å². The summed E-state index contributed by atoms with van der Waals surface area (Å²) in [5.41, 5.74) is 0.803. The van der Waals surface area contributed by atoms with Crippen LogP contribution in [-0.4, -0.2) is 0 Å². The molecule has 0 aromatic rings. The molecular formula is C12H22. The van der Waals surface area contributed by atoms with Crippen LogP contribution < -0.4 is 0 Å². The maximum atomic E-state index is 2.41. The molecule has 12 heavy (non-hydrogen) atoms. The summed E-state index contributed by atoms with van der Waals surface area (Å²) in [6.07, 6.45) is 10.6. The molecule has 3 unspecified atom stereocenters. The Labute approximate surface area is 76.7 Å². The molecule has 2 rings (SSSR count). The highest BCUT2D eigenvalue weighted by Crippen LogP contribution is 2.59. The van der Waals surface area contributed by atoms with Crippen LogP contribution in [0.5, 0.6) is 0 Å². The van der Waals surface area contributed by atoms with Crippen LogP contribution >= 0.6 is 0 Å². The lowest BCUT2D eigenvalue weighted by atomic mass is 9.68. The minimum absolute atomic E-state index is 0.803. The van der Waals surface area contributed by atoms with E-state index >= 15 is 0 Å². The van der Waals surface area contributed by atoms with Gasteiger partial charge in [-0.05, 0) is 42.9 Å². The third-order valence-electron chi connectivity index (χ3n) is 4.55. The molecule has 70 valence electrons. The molecule has 0 N–H and O–H groups in total. The molecule has 0 saturated heterocycles. The number of rotatable bonds is 3. The standard InChI is InChI=1S/C12H22/c1-3-7-12(4-2)9-10-5-6-11(12)8-10/h10-11H,3-9H2,1-2H3. The van der Waals surface area contributed by atoms with Crippen molar-refractivity contribution < 1.29 is 0 Å². The molecule has 0 nitrogen and oxygen atoms in total. The summed E-state index contributed by atoms with van der Waals surface area (Å²) < 4.78 is 0. The van der Waals surface area contributed by atoms with E-state index in [4.69, 9.17) is 0 Å². The largest absolute Gasteiger partial charge is 0.0654 e. The first kappa shape index (κ1) is 8.59. The average Bonchev–Trinajstić information content (AvgIpc) is 2.64. The topological polar surface area (TPSA) is 0 Å². The van der Waals surface area contributed by atoms with Gasteiger partial charge < -0.3 is 0 Å².